The Kier molecular flexibility index (Phi) is 5.11. The molecule has 0 aromatic heterocycles. The molecule has 0 aliphatic rings. The van der Waals surface area contributed by atoms with E-state index in [9.17, 15) is 5.11 Å². The molecule has 3 aromatic carbocycles. The van der Waals surface area contributed by atoms with Crippen LogP contribution >= 0.6 is 0 Å². The van der Waals surface area contributed by atoms with E-state index in [-0.39, 0.29) is 6.61 Å². The van der Waals surface area contributed by atoms with Crippen molar-refractivity contribution < 1.29 is 5.11 Å². The first-order valence-corrected chi connectivity index (χ1v) is 8.15. The van der Waals surface area contributed by atoms with Gasteiger partial charge < -0.3 is 5.11 Å². The summed E-state index contributed by atoms with van der Waals surface area (Å²) < 4.78 is 0. The van der Waals surface area contributed by atoms with Gasteiger partial charge in [0.15, 0.2) is 0 Å². The van der Waals surface area contributed by atoms with Crippen molar-refractivity contribution in [1.82, 2.24) is 0 Å². The van der Waals surface area contributed by atoms with Gasteiger partial charge in [-0.2, -0.15) is 0 Å². The van der Waals surface area contributed by atoms with Gasteiger partial charge in [-0.25, -0.2) is 0 Å². The molecule has 0 amide bonds. The fourth-order valence-electron chi connectivity index (χ4n) is 2.98. The molecule has 0 aliphatic carbocycles. The molecule has 118 valence electrons. The maximum absolute atomic E-state index is 9.75. The summed E-state index contributed by atoms with van der Waals surface area (Å²) in [4.78, 5) is 0. The highest BCUT2D eigenvalue weighted by Gasteiger charge is 2.31. The van der Waals surface area contributed by atoms with Crippen LogP contribution in [0.1, 0.15) is 23.1 Å². The van der Waals surface area contributed by atoms with Crippen molar-refractivity contribution >= 4 is 0 Å². The molecule has 1 heteroatoms. The van der Waals surface area contributed by atoms with E-state index in [1.54, 1.807) is 0 Å². The van der Waals surface area contributed by atoms with Crippen molar-refractivity contribution in [2.24, 2.45) is 0 Å². The molecular formula is C23H20O. The van der Waals surface area contributed by atoms with Gasteiger partial charge in [0.25, 0.3) is 0 Å². The molecule has 0 fully saturated rings. The Bertz CT molecular complexity index is 772. The van der Waals surface area contributed by atoms with Crippen LogP contribution in [-0.2, 0) is 5.41 Å². The van der Waals surface area contributed by atoms with E-state index < -0.39 is 5.41 Å². The second-order valence-corrected chi connectivity index (χ2v) is 5.73. The van der Waals surface area contributed by atoms with Gasteiger partial charge in [0, 0.05) is 12.2 Å². The molecule has 0 atom stereocenters. The van der Waals surface area contributed by atoms with Crippen LogP contribution in [0.25, 0.3) is 0 Å². The topological polar surface area (TPSA) is 20.2 Å². The lowest BCUT2D eigenvalue weighted by Crippen LogP contribution is -2.27. The average molecular weight is 312 g/mol. The predicted octanol–water partition coefficient (Wildman–Crippen LogP) is 4.41. The normalized spacial score (nSPS) is 10.7. The Morgan fingerprint density at radius 3 is 1.58 bits per heavy atom. The van der Waals surface area contributed by atoms with Gasteiger partial charge in [0.1, 0.15) is 0 Å². The summed E-state index contributed by atoms with van der Waals surface area (Å²) in [5.74, 6) is 6.78. The molecule has 0 unspecified atom stereocenters. The van der Waals surface area contributed by atoms with Gasteiger partial charge in [0.2, 0.25) is 0 Å². The molecule has 0 saturated carbocycles. The van der Waals surface area contributed by atoms with Gasteiger partial charge in [-0.3, -0.25) is 0 Å². The molecule has 1 N–H and O–H groups in total. The summed E-state index contributed by atoms with van der Waals surface area (Å²) in [6, 6.07) is 30.4. The van der Waals surface area contributed by atoms with Crippen molar-refractivity contribution in [2.45, 2.75) is 11.8 Å². The molecule has 0 bridgehead atoms. The van der Waals surface area contributed by atoms with Gasteiger partial charge in [-0.1, -0.05) is 90.7 Å². The van der Waals surface area contributed by atoms with Crippen molar-refractivity contribution in [2.75, 3.05) is 6.61 Å². The van der Waals surface area contributed by atoms with E-state index in [1.807, 2.05) is 66.7 Å². The SMILES string of the molecule is OCCC(C#Cc1ccccc1)(c1ccccc1)c1ccccc1. The van der Waals surface area contributed by atoms with Crippen LogP contribution in [-0.4, -0.2) is 11.7 Å². The van der Waals surface area contributed by atoms with Crippen LogP contribution in [0.4, 0.5) is 0 Å². The number of aliphatic hydroxyl groups is 1. The fraction of sp³-hybridized carbons (Fsp3) is 0.130. The third-order valence-electron chi connectivity index (χ3n) is 4.21. The predicted molar refractivity (Wildman–Crippen MR) is 98.7 cm³/mol. The Hall–Kier alpha value is -2.82. The second kappa shape index (κ2) is 7.64. The van der Waals surface area contributed by atoms with Crippen LogP contribution in [0, 0.1) is 11.8 Å². The van der Waals surface area contributed by atoms with Crippen molar-refractivity contribution in [3.63, 3.8) is 0 Å². The second-order valence-electron chi connectivity index (χ2n) is 5.73. The van der Waals surface area contributed by atoms with Gasteiger partial charge in [-0.15, -0.1) is 0 Å². The smallest absolute Gasteiger partial charge is 0.0837 e. The van der Waals surface area contributed by atoms with E-state index in [0.717, 1.165) is 16.7 Å². The van der Waals surface area contributed by atoms with E-state index in [2.05, 4.69) is 36.1 Å². The van der Waals surface area contributed by atoms with Crippen molar-refractivity contribution in [1.29, 1.82) is 0 Å². The lowest BCUT2D eigenvalue weighted by Gasteiger charge is -2.29. The molecule has 0 radical (unpaired) electrons. The minimum absolute atomic E-state index is 0.0766. The van der Waals surface area contributed by atoms with E-state index in [0.29, 0.717) is 6.42 Å². The van der Waals surface area contributed by atoms with Crippen LogP contribution < -0.4 is 0 Å². The number of aliphatic hydroxyl groups excluding tert-OH is 1. The van der Waals surface area contributed by atoms with Crippen LogP contribution in [0.5, 0.6) is 0 Å². The maximum atomic E-state index is 9.75. The molecule has 1 nitrogen and oxygen atoms in total. The van der Waals surface area contributed by atoms with Crippen molar-refractivity contribution in [3.05, 3.63) is 108 Å². The Balaban J connectivity index is 2.18. The summed E-state index contributed by atoms with van der Waals surface area (Å²) in [6.07, 6.45) is 0.556. The van der Waals surface area contributed by atoms with Crippen LogP contribution in [0.3, 0.4) is 0 Å². The summed E-state index contributed by atoms with van der Waals surface area (Å²) in [5.41, 5.74) is 2.67. The van der Waals surface area contributed by atoms with Crippen LogP contribution in [0.2, 0.25) is 0 Å². The first-order chi connectivity index (χ1) is 11.8. The molecule has 0 aliphatic heterocycles. The van der Waals surface area contributed by atoms with Crippen molar-refractivity contribution in [3.8, 4) is 11.8 Å². The van der Waals surface area contributed by atoms with Crippen LogP contribution in [0.15, 0.2) is 91.0 Å². The Morgan fingerprint density at radius 2 is 1.12 bits per heavy atom. The minimum atomic E-state index is -0.521. The standard InChI is InChI=1S/C23H20O/c24-19-18-23(21-12-6-2-7-13-21,22-14-8-3-9-15-22)17-16-20-10-4-1-5-11-20/h1-15,24H,18-19H2. The lowest BCUT2D eigenvalue weighted by atomic mass is 9.72. The van der Waals surface area contributed by atoms with E-state index >= 15 is 0 Å². The molecule has 0 spiro atoms. The zero-order valence-corrected chi connectivity index (χ0v) is 13.5. The number of hydrogen-bond donors (Lipinski definition) is 1. The third kappa shape index (κ3) is 3.40. The Labute approximate surface area is 143 Å². The fourth-order valence-corrected chi connectivity index (χ4v) is 2.98. The minimum Gasteiger partial charge on any atom is -0.396 e. The van der Waals surface area contributed by atoms with E-state index in [1.165, 1.54) is 0 Å². The summed E-state index contributed by atoms with van der Waals surface area (Å²) in [5, 5.41) is 9.75. The third-order valence-corrected chi connectivity index (χ3v) is 4.21. The average Bonchev–Trinajstić information content (AvgIpc) is 2.67. The summed E-state index contributed by atoms with van der Waals surface area (Å²) in [7, 11) is 0. The molecule has 0 saturated heterocycles. The van der Waals surface area contributed by atoms with Gasteiger partial charge in [-0.05, 0) is 29.7 Å². The largest absolute Gasteiger partial charge is 0.396 e. The quantitative estimate of drug-likeness (QED) is 0.708. The molecular weight excluding hydrogens is 292 g/mol. The Morgan fingerprint density at radius 1 is 0.667 bits per heavy atom. The lowest BCUT2D eigenvalue weighted by molar-refractivity contribution is 0.269. The monoisotopic (exact) mass is 312 g/mol. The molecule has 3 rings (SSSR count). The molecule has 3 aromatic rings. The van der Waals surface area contributed by atoms with Gasteiger partial charge in [0.05, 0.1) is 5.41 Å². The summed E-state index contributed by atoms with van der Waals surface area (Å²) in [6.45, 7) is 0.0766. The zero-order chi connectivity index (χ0) is 16.7. The number of benzene rings is 3. The zero-order valence-electron chi connectivity index (χ0n) is 13.5. The highest BCUT2D eigenvalue weighted by Crippen LogP contribution is 2.35. The highest BCUT2D eigenvalue weighted by atomic mass is 16.3. The first-order valence-electron chi connectivity index (χ1n) is 8.15. The number of rotatable bonds is 4. The number of hydrogen-bond acceptors (Lipinski definition) is 1. The van der Waals surface area contributed by atoms with Gasteiger partial charge >= 0.3 is 0 Å². The molecule has 0 heterocycles. The highest BCUT2D eigenvalue weighted by molar-refractivity contribution is 5.50. The maximum Gasteiger partial charge on any atom is 0.0837 e. The molecule has 24 heavy (non-hydrogen) atoms. The first kappa shape index (κ1) is 16.1. The summed E-state index contributed by atoms with van der Waals surface area (Å²) >= 11 is 0. The van der Waals surface area contributed by atoms with E-state index in [4.69, 9.17) is 0 Å².